The first-order valence-electron chi connectivity index (χ1n) is 6.54. The Kier molecular flexibility index (Phi) is 7.26. The van der Waals surface area contributed by atoms with Crippen molar-refractivity contribution in [2.45, 2.75) is 33.1 Å². The number of aryl methyl sites for hydroxylation is 1. The van der Waals surface area contributed by atoms with Gasteiger partial charge in [-0.3, -0.25) is 4.57 Å². The zero-order valence-electron chi connectivity index (χ0n) is 11.2. The van der Waals surface area contributed by atoms with Gasteiger partial charge in [-0.1, -0.05) is 24.3 Å². The normalized spacial score (nSPS) is 11.7. The second kappa shape index (κ2) is 8.47. The minimum atomic E-state index is -2.85. The molecule has 4 heteroatoms. The average Bonchev–Trinajstić information content (AvgIpc) is 2.37. The summed E-state index contributed by atoms with van der Waals surface area (Å²) in [4.78, 5) is 0. The lowest BCUT2D eigenvalue weighted by Crippen LogP contribution is -2.00. The van der Waals surface area contributed by atoms with Crippen LogP contribution in [0.3, 0.4) is 0 Å². The van der Waals surface area contributed by atoms with Crippen molar-refractivity contribution in [3.63, 3.8) is 0 Å². The van der Waals surface area contributed by atoms with Gasteiger partial charge in [-0.25, -0.2) is 0 Å². The molecule has 0 saturated carbocycles. The fourth-order valence-corrected chi connectivity index (χ4v) is 3.50. The van der Waals surface area contributed by atoms with Gasteiger partial charge >= 0.3 is 7.60 Å². The number of benzene rings is 1. The first-order valence-corrected chi connectivity index (χ1v) is 8.26. The standard InChI is InChI=1S/C14H22O3P/c1-3-16-18(15,17-4-2)13-9-8-12-14-10-6-5-7-11-14/h5-7,10H,3-4,8-9,12-13H2,1-2H3. The van der Waals surface area contributed by atoms with E-state index < -0.39 is 7.60 Å². The highest BCUT2D eigenvalue weighted by Crippen LogP contribution is 2.48. The zero-order valence-corrected chi connectivity index (χ0v) is 12.1. The molecule has 0 aliphatic rings. The summed E-state index contributed by atoms with van der Waals surface area (Å²) >= 11 is 0. The van der Waals surface area contributed by atoms with Crippen molar-refractivity contribution in [2.24, 2.45) is 0 Å². The van der Waals surface area contributed by atoms with Gasteiger partial charge in [0.05, 0.1) is 19.4 Å². The van der Waals surface area contributed by atoms with Crippen molar-refractivity contribution < 1.29 is 13.6 Å². The fraction of sp³-hybridized carbons (Fsp3) is 0.571. The van der Waals surface area contributed by atoms with Crippen molar-refractivity contribution in [3.8, 4) is 0 Å². The summed E-state index contributed by atoms with van der Waals surface area (Å²) in [6.45, 7) is 4.54. The van der Waals surface area contributed by atoms with Crippen LogP contribution in [0.15, 0.2) is 24.3 Å². The summed E-state index contributed by atoms with van der Waals surface area (Å²) in [7, 11) is -2.85. The highest BCUT2D eigenvalue weighted by molar-refractivity contribution is 7.53. The van der Waals surface area contributed by atoms with Crippen molar-refractivity contribution in [2.75, 3.05) is 19.4 Å². The molecule has 1 radical (unpaired) electrons. The van der Waals surface area contributed by atoms with E-state index in [1.807, 2.05) is 32.0 Å². The average molecular weight is 269 g/mol. The molecule has 0 fully saturated rings. The van der Waals surface area contributed by atoms with Crippen LogP contribution in [0.4, 0.5) is 0 Å². The summed E-state index contributed by atoms with van der Waals surface area (Å²) in [5.41, 5.74) is 1.19. The molecule has 0 amide bonds. The second-order valence-electron chi connectivity index (χ2n) is 4.01. The third-order valence-corrected chi connectivity index (χ3v) is 4.72. The lowest BCUT2D eigenvalue weighted by Gasteiger charge is -2.16. The predicted octanol–water partition coefficient (Wildman–Crippen LogP) is 4.08. The van der Waals surface area contributed by atoms with E-state index in [-0.39, 0.29) is 0 Å². The van der Waals surface area contributed by atoms with E-state index in [9.17, 15) is 4.57 Å². The van der Waals surface area contributed by atoms with Gasteiger partial charge in [-0.2, -0.15) is 0 Å². The lowest BCUT2D eigenvalue weighted by atomic mass is 10.1. The van der Waals surface area contributed by atoms with Crippen LogP contribution in [0.25, 0.3) is 0 Å². The van der Waals surface area contributed by atoms with Gasteiger partial charge in [0.2, 0.25) is 0 Å². The first-order chi connectivity index (χ1) is 8.70. The number of hydrogen-bond donors (Lipinski definition) is 0. The van der Waals surface area contributed by atoms with E-state index in [4.69, 9.17) is 9.05 Å². The lowest BCUT2D eigenvalue weighted by molar-refractivity contribution is 0.219. The molecule has 1 aromatic rings. The first kappa shape index (κ1) is 15.4. The van der Waals surface area contributed by atoms with Gasteiger partial charge in [0.25, 0.3) is 0 Å². The largest absolute Gasteiger partial charge is 0.330 e. The Balaban J connectivity index is 2.29. The van der Waals surface area contributed by atoms with Crippen LogP contribution < -0.4 is 0 Å². The van der Waals surface area contributed by atoms with Crippen LogP contribution >= 0.6 is 7.60 Å². The SMILES string of the molecule is CCOP(=O)(CCCCc1[c]cccc1)OCC. The van der Waals surface area contributed by atoms with Crippen LogP contribution in [0.5, 0.6) is 0 Å². The molecule has 0 aromatic heterocycles. The Bertz CT molecular complexity index is 355. The fourth-order valence-electron chi connectivity index (χ4n) is 1.77. The van der Waals surface area contributed by atoms with Crippen molar-refractivity contribution in [1.82, 2.24) is 0 Å². The molecule has 3 nitrogen and oxygen atoms in total. The Morgan fingerprint density at radius 2 is 1.89 bits per heavy atom. The van der Waals surface area contributed by atoms with E-state index in [1.165, 1.54) is 5.56 Å². The quantitative estimate of drug-likeness (QED) is 0.500. The van der Waals surface area contributed by atoms with Crippen molar-refractivity contribution >= 4 is 7.60 Å². The maximum Gasteiger partial charge on any atom is 0.330 e. The summed E-state index contributed by atoms with van der Waals surface area (Å²) in [5, 5.41) is 0. The highest BCUT2D eigenvalue weighted by Gasteiger charge is 2.22. The van der Waals surface area contributed by atoms with Crippen LogP contribution in [-0.2, 0) is 20.0 Å². The van der Waals surface area contributed by atoms with Crippen LogP contribution in [0, 0.1) is 6.07 Å². The van der Waals surface area contributed by atoms with Gasteiger partial charge in [-0.05, 0) is 44.7 Å². The van der Waals surface area contributed by atoms with Gasteiger partial charge in [-0.15, -0.1) is 0 Å². The molecule has 0 atom stereocenters. The molecule has 0 unspecified atom stereocenters. The van der Waals surface area contributed by atoms with E-state index in [0.29, 0.717) is 19.4 Å². The molecule has 0 bridgehead atoms. The second-order valence-corrected chi connectivity index (χ2v) is 6.20. The molecular weight excluding hydrogens is 247 g/mol. The van der Waals surface area contributed by atoms with Crippen LogP contribution in [0.1, 0.15) is 32.3 Å². The van der Waals surface area contributed by atoms with E-state index in [1.54, 1.807) is 0 Å². The minimum absolute atomic E-state index is 0.434. The van der Waals surface area contributed by atoms with Crippen molar-refractivity contribution in [3.05, 3.63) is 35.9 Å². The van der Waals surface area contributed by atoms with Gasteiger partial charge < -0.3 is 9.05 Å². The summed E-state index contributed by atoms with van der Waals surface area (Å²) in [6, 6.07) is 11.1. The number of rotatable bonds is 9. The van der Waals surface area contributed by atoms with Crippen molar-refractivity contribution in [1.29, 1.82) is 0 Å². The molecule has 101 valence electrons. The molecule has 0 N–H and O–H groups in total. The molecule has 1 rings (SSSR count). The molecule has 0 aliphatic carbocycles. The Hall–Kier alpha value is -0.630. The summed E-state index contributed by atoms with van der Waals surface area (Å²) in [6.07, 6.45) is 3.28. The highest BCUT2D eigenvalue weighted by atomic mass is 31.2. The van der Waals surface area contributed by atoms with Crippen LogP contribution in [0.2, 0.25) is 0 Å². The number of hydrogen-bond acceptors (Lipinski definition) is 3. The smallest absolute Gasteiger partial charge is 0.309 e. The molecule has 18 heavy (non-hydrogen) atoms. The number of unbranched alkanes of at least 4 members (excludes halogenated alkanes) is 1. The van der Waals surface area contributed by atoms with Gasteiger partial charge in [0.1, 0.15) is 0 Å². The third kappa shape index (κ3) is 5.81. The Morgan fingerprint density at radius 1 is 1.17 bits per heavy atom. The monoisotopic (exact) mass is 269 g/mol. The van der Waals surface area contributed by atoms with E-state index >= 15 is 0 Å². The molecule has 0 saturated heterocycles. The maximum atomic E-state index is 12.2. The van der Waals surface area contributed by atoms with Gasteiger partial charge in [0, 0.05) is 0 Å². The third-order valence-electron chi connectivity index (χ3n) is 2.55. The topological polar surface area (TPSA) is 35.5 Å². The zero-order chi connectivity index (χ0) is 13.3. The van der Waals surface area contributed by atoms with Gasteiger partial charge in [0.15, 0.2) is 0 Å². The van der Waals surface area contributed by atoms with E-state index in [0.717, 1.165) is 19.3 Å². The molecule has 0 aliphatic heterocycles. The molecule has 1 aromatic carbocycles. The Labute approximate surface area is 110 Å². The van der Waals surface area contributed by atoms with E-state index in [2.05, 4.69) is 12.1 Å². The van der Waals surface area contributed by atoms with Crippen LogP contribution in [-0.4, -0.2) is 19.4 Å². The molecule has 0 heterocycles. The predicted molar refractivity (Wildman–Crippen MR) is 73.9 cm³/mol. The maximum absolute atomic E-state index is 12.2. The molecular formula is C14H22O3P. The summed E-state index contributed by atoms with van der Waals surface area (Å²) < 4.78 is 22.7. The summed E-state index contributed by atoms with van der Waals surface area (Å²) in [5.74, 6) is 0. The Morgan fingerprint density at radius 3 is 2.44 bits per heavy atom. The molecule has 0 spiro atoms. The minimum Gasteiger partial charge on any atom is -0.309 e.